The maximum atomic E-state index is 8.91. The van der Waals surface area contributed by atoms with Crippen LogP contribution in [0.15, 0.2) is 24.5 Å². The first kappa shape index (κ1) is 8.76. The van der Waals surface area contributed by atoms with E-state index in [4.69, 9.17) is 5.11 Å². The van der Waals surface area contributed by atoms with Crippen LogP contribution >= 0.6 is 0 Å². The van der Waals surface area contributed by atoms with Crippen LogP contribution in [0, 0.1) is 11.8 Å². The lowest BCUT2D eigenvalue weighted by Gasteiger charge is -1.92. The zero-order chi connectivity index (χ0) is 8.81. The molecule has 0 unspecified atom stereocenters. The number of aliphatic hydroxyl groups excluding tert-OH is 1. The van der Waals surface area contributed by atoms with Gasteiger partial charge in [0.15, 0.2) is 0 Å². The molecule has 1 heterocycles. The summed E-state index contributed by atoms with van der Waals surface area (Å²) in [4.78, 5) is 3.92. The van der Waals surface area contributed by atoms with Crippen molar-refractivity contribution in [2.24, 2.45) is 0 Å². The zero-order valence-corrected chi connectivity index (χ0v) is 6.99. The topological polar surface area (TPSA) is 33.1 Å². The Hall–Kier alpha value is -1.33. The van der Waals surface area contributed by atoms with Gasteiger partial charge < -0.3 is 5.11 Å². The van der Waals surface area contributed by atoms with Crippen LogP contribution in [0.3, 0.4) is 0 Å². The van der Waals surface area contributed by atoms with E-state index in [1.54, 1.807) is 19.3 Å². The second kappa shape index (κ2) is 4.53. The van der Waals surface area contributed by atoms with Crippen molar-refractivity contribution in [3.8, 4) is 11.8 Å². The van der Waals surface area contributed by atoms with Crippen LogP contribution in [-0.2, 0) is 0 Å². The van der Waals surface area contributed by atoms with Gasteiger partial charge >= 0.3 is 0 Å². The Morgan fingerprint density at radius 1 is 1.67 bits per heavy atom. The Morgan fingerprint density at radius 3 is 3.08 bits per heavy atom. The minimum atomic E-state index is -0.353. The van der Waals surface area contributed by atoms with Gasteiger partial charge in [0.2, 0.25) is 0 Å². The minimum Gasteiger partial charge on any atom is -0.392 e. The summed E-state index contributed by atoms with van der Waals surface area (Å²) in [7, 11) is 0. The maximum Gasteiger partial charge on any atom is 0.0621 e. The third kappa shape index (κ3) is 3.18. The summed E-state index contributed by atoms with van der Waals surface area (Å²) >= 11 is 0. The molecule has 0 saturated carbocycles. The highest BCUT2D eigenvalue weighted by molar-refractivity contribution is 5.30. The van der Waals surface area contributed by atoms with E-state index < -0.39 is 0 Å². The summed E-state index contributed by atoms with van der Waals surface area (Å²) in [5.74, 6) is 5.76. The predicted molar refractivity (Wildman–Crippen MR) is 47.4 cm³/mol. The van der Waals surface area contributed by atoms with Crippen LogP contribution in [0.4, 0.5) is 0 Å². The van der Waals surface area contributed by atoms with E-state index in [0.717, 1.165) is 5.56 Å². The highest BCUT2D eigenvalue weighted by Crippen LogP contribution is 1.92. The molecular weight excluding hydrogens is 150 g/mol. The average Bonchev–Trinajstić information content (AvgIpc) is 2.05. The molecule has 1 aromatic heterocycles. The number of aromatic nitrogens is 1. The Bertz CT molecular complexity index is 282. The molecule has 0 bridgehead atoms. The number of pyridine rings is 1. The molecule has 0 aliphatic carbocycles. The van der Waals surface area contributed by atoms with Crippen LogP contribution in [0.1, 0.15) is 18.9 Å². The van der Waals surface area contributed by atoms with Crippen LogP contribution in [-0.4, -0.2) is 16.2 Å². The maximum absolute atomic E-state index is 8.91. The molecule has 0 aliphatic heterocycles. The lowest BCUT2D eigenvalue weighted by Crippen LogP contribution is -1.95. The fourth-order valence-electron chi connectivity index (χ4n) is 0.737. The van der Waals surface area contributed by atoms with Crippen LogP contribution in [0.2, 0.25) is 0 Å². The van der Waals surface area contributed by atoms with Crippen molar-refractivity contribution in [2.75, 3.05) is 0 Å². The van der Waals surface area contributed by atoms with Crippen molar-refractivity contribution in [1.82, 2.24) is 4.98 Å². The summed E-state index contributed by atoms with van der Waals surface area (Å²) in [6.45, 7) is 1.72. The standard InChI is InChI=1S/C10H11NO/c1-9(12)4-2-5-10-6-3-7-11-8-10/h3,6-9,12H,4H2,1H3/t9-/m1/s1. The van der Waals surface area contributed by atoms with Gasteiger partial charge in [0, 0.05) is 24.4 Å². The molecule has 1 atom stereocenters. The van der Waals surface area contributed by atoms with E-state index >= 15 is 0 Å². The molecule has 0 saturated heterocycles. The molecule has 12 heavy (non-hydrogen) atoms. The van der Waals surface area contributed by atoms with Gasteiger partial charge in [0.05, 0.1) is 6.10 Å². The number of nitrogens with zero attached hydrogens (tertiary/aromatic N) is 1. The van der Waals surface area contributed by atoms with Crippen LogP contribution < -0.4 is 0 Å². The fraction of sp³-hybridized carbons (Fsp3) is 0.300. The lowest BCUT2D eigenvalue weighted by molar-refractivity contribution is 0.201. The number of rotatable bonds is 1. The second-order valence-corrected chi connectivity index (χ2v) is 2.60. The first-order valence-electron chi connectivity index (χ1n) is 3.86. The highest BCUT2D eigenvalue weighted by Gasteiger charge is 1.88. The number of hydrogen-bond donors (Lipinski definition) is 1. The van der Waals surface area contributed by atoms with E-state index in [2.05, 4.69) is 16.8 Å². The molecule has 0 radical (unpaired) electrons. The Morgan fingerprint density at radius 2 is 2.50 bits per heavy atom. The van der Waals surface area contributed by atoms with E-state index in [1.807, 2.05) is 12.1 Å². The predicted octanol–water partition coefficient (Wildman–Crippen LogP) is 1.20. The van der Waals surface area contributed by atoms with Gasteiger partial charge in [-0.3, -0.25) is 4.98 Å². The third-order valence-electron chi connectivity index (χ3n) is 1.29. The average molecular weight is 161 g/mol. The SMILES string of the molecule is C[C@@H](O)CC#Cc1cccnc1. The molecule has 1 N–H and O–H groups in total. The monoisotopic (exact) mass is 161 g/mol. The molecule has 1 aromatic rings. The van der Waals surface area contributed by atoms with Crippen molar-refractivity contribution in [2.45, 2.75) is 19.4 Å². The summed E-state index contributed by atoms with van der Waals surface area (Å²) in [6, 6.07) is 3.73. The molecule has 0 aromatic carbocycles. The van der Waals surface area contributed by atoms with E-state index in [1.165, 1.54) is 0 Å². The van der Waals surface area contributed by atoms with Crippen molar-refractivity contribution >= 4 is 0 Å². The van der Waals surface area contributed by atoms with E-state index in [-0.39, 0.29) is 6.10 Å². The van der Waals surface area contributed by atoms with Crippen LogP contribution in [0.5, 0.6) is 0 Å². The van der Waals surface area contributed by atoms with Crippen molar-refractivity contribution in [3.05, 3.63) is 30.1 Å². The smallest absolute Gasteiger partial charge is 0.0621 e. The first-order chi connectivity index (χ1) is 5.79. The molecule has 0 spiro atoms. The largest absolute Gasteiger partial charge is 0.392 e. The first-order valence-corrected chi connectivity index (χ1v) is 3.86. The third-order valence-corrected chi connectivity index (χ3v) is 1.29. The van der Waals surface area contributed by atoms with Gasteiger partial charge in [-0.1, -0.05) is 11.8 Å². The molecule has 0 fully saturated rings. The summed E-state index contributed by atoms with van der Waals surface area (Å²) in [5.41, 5.74) is 0.887. The van der Waals surface area contributed by atoms with Gasteiger partial charge in [-0.05, 0) is 19.1 Å². The lowest BCUT2D eigenvalue weighted by atomic mass is 10.2. The van der Waals surface area contributed by atoms with Gasteiger partial charge in [-0.2, -0.15) is 0 Å². The minimum absolute atomic E-state index is 0.353. The highest BCUT2D eigenvalue weighted by atomic mass is 16.3. The molecule has 2 heteroatoms. The van der Waals surface area contributed by atoms with Crippen molar-refractivity contribution < 1.29 is 5.11 Å². The van der Waals surface area contributed by atoms with E-state index in [0.29, 0.717) is 6.42 Å². The van der Waals surface area contributed by atoms with Gasteiger partial charge in [-0.25, -0.2) is 0 Å². The zero-order valence-electron chi connectivity index (χ0n) is 6.99. The molecule has 1 rings (SSSR count). The van der Waals surface area contributed by atoms with E-state index in [9.17, 15) is 0 Å². The Balaban J connectivity index is 2.55. The summed E-state index contributed by atoms with van der Waals surface area (Å²) in [6.07, 6.45) is 3.57. The number of aliphatic hydroxyl groups is 1. The molecular formula is C10H11NO. The molecule has 0 aliphatic rings. The molecule has 0 amide bonds. The van der Waals surface area contributed by atoms with Crippen molar-refractivity contribution in [3.63, 3.8) is 0 Å². The Labute approximate surface area is 72.3 Å². The summed E-state index contributed by atoms with van der Waals surface area (Å²) < 4.78 is 0. The fourth-order valence-corrected chi connectivity index (χ4v) is 0.737. The van der Waals surface area contributed by atoms with Gasteiger partial charge in [-0.15, -0.1) is 0 Å². The normalized spacial score (nSPS) is 11.5. The summed E-state index contributed by atoms with van der Waals surface area (Å²) in [5, 5.41) is 8.91. The molecule has 62 valence electrons. The quantitative estimate of drug-likeness (QED) is 0.628. The van der Waals surface area contributed by atoms with Gasteiger partial charge in [0.25, 0.3) is 0 Å². The number of hydrogen-bond acceptors (Lipinski definition) is 2. The second-order valence-electron chi connectivity index (χ2n) is 2.60. The van der Waals surface area contributed by atoms with Crippen molar-refractivity contribution in [1.29, 1.82) is 0 Å². The van der Waals surface area contributed by atoms with Gasteiger partial charge in [0.1, 0.15) is 0 Å². The Kier molecular flexibility index (Phi) is 3.31. The molecule has 2 nitrogen and oxygen atoms in total. The van der Waals surface area contributed by atoms with Crippen LogP contribution in [0.25, 0.3) is 0 Å².